The fourth-order valence-electron chi connectivity index (χ4n) is 2.09. The van der Waals surface area contributed by atoms with Crippen LogP contribution in [0.4, 0.5) is 0 Å². The molecule has 0 unspecified atom stereocenters. The van der Waals surface area contributed by atoms with E-state index < -0.39 is 0 Å². The van der Waals surface area contributed by atoms with Gasteiger partial charge in [-0.05, 0) is 38.8 Å². The highest BCUT2D eigenvalue weighted by atomic mass is 32.1. The van der Waals surface area contributed by atoms with Crippen LogP contribution in [0.1, 0.15) is 33.4 Å². The van der Waals surface area contributed by atoms with Gasteiger partial charge in [0, 0.05) is 18.2 Å². The SMILES string of the molecule is CCN(CC(=O)NC(C)(C)C)Cc1cc(-c2cccs2)on1. The molecule has 2 rings (SSSR count). The van der Waals surface area contributed by atoms with E-state index in [0.717, 1.165) is 22.9 Å². The van der Waals surface area contributed by atoms with Gasteiger partial charge in [0.1, 0.15) is 0 Å². The van der Waals surface area contributed by atoms with Crippen LogP contribution in [0, 0.1) is 0 Å². The Hall–Kier alpha value is -1.66. The Kier molecular flexibility index (Phi) is 5.37. The van der Waals surface area contributed by atoms with Gasteiger partial charge in [0.05, 0.1) is 17.1 Å². The Morgan fingerprint density at radius 2 is 2.23 bits per heavy atom. The minimum atomic E-state index is -0.212. The summed E-state index contributed by atoms with van der Waals surface area (Å²) in [6, 6.07) is 5.93. The molecule has 0 radical (unpaired) electrons. The molecule has 22 heavy (non-hydrogen) atoms. The maximum Gasteiger partial charge on any atom is 0.234 e. The largest absolute Gasteiger partial charge is 0.355 e. The first kappa shape index (κ1) is 16.7. The van der Waals surface area contributed by atoms with Crippen LogP contribution in [-0.4, -0.2) is 34.6 Å². The number of nitrogens with zero attached hydrogens (tertiary/aromatic N) is 2. The minimum absolute atomic E-state index is 0.0244. The molecule has 0 aliphatic rings. The minimum Gasteiger partial charge on any atom is -0.355 e. The maximum absolute atomic E-state index is 12.0. The van der Waals surface area contributed by atoms with Gasteiger partial charge < -0.3 is 9.84 Å². The summed E-state index contributed by atoms with van der Waals surface area (Å²) in [5.41, 5.74) is 0.630. The lowest BCUT2D eigenvalue weighted by atomic mass is 10.1. The molecule has 0 spiro atoms. The molecular formula is C16H23N3O2S. The molecule has 5 nitrogen and oxygen atoms in total. The van der Waals surface area contributed by atoms with Crippen molar-refractivity contribution in [3.8, 4) is 10.6 Å². The molecule has 0 atom stereocenters. The van der Waals surface area contributed by atoms with Gasteiger partial charge in [-0.1, -0.05) is 18.1 Å². The molecule has 1 amide bonds. The van der Waals surface area contributed by atoms with Gasteiger partial charge in [-0.25, -0.2) is 0 Å². The summed E-state index contributed by atoms with van der Waals surface area (Å²) in [5.74, 6) is 0.802. The summed E-state index contributed by atoms with van der Waals surface area (Å²) in [7, 11) is 0. The van der Waals surface area contributed by atoms with E-state index in [1.807, 2.05) is 56.2 Å². The fourth-order valence-corrected chi connectivity index (χ4v) is 2.76. The average Bonchev–Trinajstić information content (AvgIpc) is 3.05. The molecule has 6 heteroatoms. The van der Waals surface area contributed by atoms with E-state index in [1.54, 1.807) is 11.3 Å². The smallest absolute Gasteiger partial charge is 0.234 e. The molecule has 0 saturated carbocycles. The number of amides is 1. The van der Waals surface area contributed by atoms with Crippen LogP contribution >= 0.6 is 11.3 Å². The monoisotopic (exact) mass is 321 g/mol. The summed E-state index contributed by atoms with van der Waals surface area (Å²) in [6.45, 7) is 9.70. The Bertz CT molecular complexity index is 599. The predicted molar refractivity (Wildman–Crippen MR) is 88.7 cm³/mol. The van der Waals surface area contributed by atoms with E-state index in [0.29, 0.717) is 13.1 Å². The summed E-state index contributed by atoms with van der Waals surface area (Å²) >= 11 is 1.62. The number of hydrogen-bond acceptors (Lipinski definition) is 5. The molecule has 0 aliphatic heterocycles. The lowest BCUT2D eigenvalue weighted by Gasteiger charge is -2.24. The number of hydrogen-bond donors (Lipinski definition) is 1. The first-order valence-corrected chi connectivity index (χ1v) is 8.28. The van der Waals surface area contributed by atoms with Crippen LogP contribution in [0.2, 0.25) is 0 Å². The second kappa shape index (κ2) is 7.07. The summed E-state index contributed by atoms with van der Waals surface area (Å²) < 4.78 is 5.37. The highest BCUT2D eigenvalue weighted by Crippen LogP contribution is 2.25. The third-order valence-electron chi connectivity index (χ3n) is 3.04. The zero-order chi connectivity index (χ0) is 16.2. The van der Waals surface area contributed by atoms with Crippen molar-refractivity contribution in [2.24, 2.45) is 0 Å². The zero-order valence-electron chi connectivity index (χ0n) is 13.5. The fraction of sp³-hybridized carbons (Fsp3) is 0.500. The number of rotatable bonds is 6. The predicted octanol–water partition coefficient (Wildman–Crippen LogP) is 3.14. The van der Waals surface area contributed by atoms with Crippen molar-refractivity contribution in [1.29, 1.82) is 0 Å². The third kappa shape index (κ3) is 4.96. The van der Waals surface area contributed by atoms with Crippen LogP contribution in [0.3, 0.4) is 0 Å². The van der Waals surface area contributed by atoms with Crippen LogP contribution < -0.4 is 5.32 Å². The van der Waals surface area contributed by atoms with Crippen LogP contribution in [-0.2, 0) is 11.3 Å². The molecule has 2 aromatic heterocycles. The molecular weight excluding hydrogens is 298 g/mol. The van der Waals surface area contributed by atoms with Crippen LogP contribution in [0.25, 0.3) is 10.6 Å². The second-order valence-corrected chi connectivity index (χ2v) is 7.21. The number of nitrogens with one attached hydrogen (secondary N) is 1. The van der Waals surface area contributed by atoms with Crippen molar-refractivity contribution in [1.82, 2.24) is 15.4 Å². The highest BCUT2D eigenvalue weighted by molar-refractivity contribution is 7.13. The Morgan fingerprint density at radius 1 is 1.45 bits per heavy atom. The van der Waals surface area contributed by atoms with Gasteiger partial charge in [-0.15, -0.1) is 11.3 Å². The van der Waals surface area contributed by atoms with E-state index in [1.165, 1.54) is 0 Å². The van der Waals surface area contributed by atoms with E-state index in [9.17, 15) is 4.79 Å². The van der Waals surface area contributed by atoms with Crippen molar-refractivity contribution in [3.05, 3.63) is 29.3 Å². The van der Waals surface area contributed by atoms with Gasteiger partial charge in [0.2, 0.25) is 5.91 Å². The van der Waals surface area contributed by atoms with E-state index in [4.69, 9.17) is 4.52 Å². The highest BCUT2D eigenvalue weighted by Gasteiger charge is 2.17. The Morgan fingerprint density at radius 3 is 2.82 bits per heavy atom. The van der Waals surface area contributed by atoms with E-state index in [2.05, 4.69) is 10.5 Å². The van der Waals surface area contributed by atoms with Crippen LogP contribution in [0.5, 0.6) is 0 Å². The third-order valence-corrected chi connectivity index (χ3v) is 3.92. The van der Waals surface area contributed by atoms with Crippen molar-refractivity contribution in [3.63, 3.8) is 0 Å². The average molecular weight is 321 g/mol. The molecule has 0 fully saturated rings. The van der Waals surface area contributed by atoms with E-state index in [-0.39, 0.29) is 11.4 Å². The Labute approximate surface area is 135 Å². The summed E-state index contributed by atoms with van der Waals surface area (Å²) in [6.07, 6.45) is 0. The summed E-state index contributed by atoms with van der Waals surface area (Å²) in [5, 5.41) is 9.08. The lowest BCUT2D eigenvalue weighted by Crippen LogP contribution is -2.45. The van der Waals surface area contributed by atoms with Crippen LogP contribution in [0.15, 0.2) is 28.1 Å². The number of likely N-dealkylation sites (N-methyl/N-ethyl adjacent to an activating group) is 1. The number of carbonyl (C=O) groups excluding carboxylic acids is 1. The first-order valence-electron chi connectivity index (χ1n) is 7.40. The maximum atomic E-state index is 12.0. The van der Waals surface area contributed by atoms with Crippen molar-refractivity contribution >= 4 is 17.2 Å². The quantitative estimate of drug-likeness (QED) is 0.888. The molecule has 1 N–H and O–H groups in total. The normalized spacial score (nSPS) is 11.9. The zero-order valence-corrected chi connectivity index (χ0v) is 14.4. The van der Waals surface area contributed by atoms with Crippen molar-refractivity contribution in [2.75, 3.05) is 13.1 Å². The molecule has 0 aromatic carbocycles. The first-order chi connectivity index (χ1) is 10.4. The number of aromatic nitrogens is 1. The van der Waals surface area contributed by atoms with E-state index >= 15 is 0 Å². The van der Waals surface area contributed by atoms with Gasteiger partial charge in [0.15, 0.2) is 5.76 Å². The standard InChI is InChI=1S/C16H23N3O2S/c1-5-19(11-15(20)17-16(2,3)4)10-12-9-13(21-18-12)14-7-6-8-22-14/h6-9H,5,10-11H2,1-4H3,(H,17,20). The van der Waals surface area contributed by atoms with Gasteiger partial charge in [0.25, 0.3) is 0 Å². The second-order valence-electron chi connectivity index (χ2n) is 6.26. The molecule has 120 valence electrons. The van der Waals surface area contributed by atoms with Gasteiger partial charge in [-0.2, -0.15) is 0 Å². The van der Waals surface area contributed by atoms with Gasteiger partial charge >= 0.3 is 0 Å². The van der Waals surface area contributed by atoms with Gasteiger partial charge in [-0.3, -0.25) is 9.69 Å². The molecule has 0 bridgehead atoms. The Balaban J connectivity index is 1.94. The number of carbonyl (C=O) groups is 1. The molecule has 2 aromatic rings. The number of thiophene rings is 1. The topological polar surface area (TPSA) is 58.4 Å². The summed E-state index contributed by atoms with van der Waals surface area (Å²) in [4.78, 5) is 15.1. The molecule has 0 saturated heterocycles. The molecule has 0 aliphatic carbocycles. The lowest BCUT2D eigenvalue weighted by molar-refractivity contribution is -0.123. The van der Waals surface area contributed by atoms with Crippen molar-refractivity contribution in [2.45, 2.75) is 39.8 Å². The van der Waals surface area contributed by atoms with Crippen molar-refractivity contribution < 1.29 is 9.32 Å². The molecule has 2 heterocycles.